The second kappa shape index (κ2) is 7.76. The first-order chi connectivity index (χ1) is 10.1. The summed E-state index contributed by atoms with van der Waals surface area (Å²) in [6, 6.07) is 7.68. The number of nitrogens with zero attached hydrogens (tertiary/aromatic N) is 1. The Bertz CT molecular complexity index is 458. The van der Waals surface area contributed by atoms with Gasteiger partial charge >= 0.3 is 0 Å². The van der Waals surface area contributed by atoms with E-state index in [1.165, 1.54) is 19.5 Å². The van der Waals surface area contributed by atoms with E-state index in [0.717, 1.165) is 42.7 Å². The van der Waals surface area contributed by atoms with Crippen LogP contribution in [0.25, 0.3) is 0 Å². The number of ether oxygens (including phenoxy) is 1. The predicted molar refractivity (Wildman–Crippen MR) is 91.8 cm³/mol. The highest BCUT2D eigenvalue weighted by molar-refractivity contribution is 7.80. The molecule has 0 aliphatic carbocycles. The largest absolute Gasteiger partial charge is 0.494 e. The Hall–Kier alpha value is -1.13. The molecular weight excluding hydrogens is 280 g/mol. The number of hydrogen-bond acceptors (Lipinski definition) is 3. The molecule has 21 heavy (non-hydrogen) atoms. The summed E-state index contributed by atoms with van der Waals surface area (Å²) in [7, 11) is 0. The summed E-state index contributed by atoms with van der Waals surface area (Å²) in [4.78, 5) is 2.99. The summed E-state index contributed by atoms with van der Waals surface area (Å²) in [6.07, 6.45) is 2.42. The molecule has 0 radical (unpaired) electrons. The van der Waals surface area contributed by atoms with E-state index in [0.29, 0.717) is 4.99 Å². The fourth-order valence-electron chi connectivity index (χ4n) is 2.80. The highest BCUT2D eigenvalue weighted by Crippen LogP contribution is 2.23. The van der Waals surface area contributed by atoms with Crippen molar-refractivity contribution in [3.8, 4) is 5.75 Å². The van der Waals surface area contributed by atoms with Gasteiger partial charge in [0.05, 0.1) is 6.61 Å². The van der Waals surface area contributed by atoms with Gasteiger partial charge in [0.25, 0.3) is 0 Å². The Morgan fingerprint density at radius 3 is 2.67 bits per heavy atom. The topological polar surface area (TPSA) is 38.5 Å². The molecule has 1 unspecified atom stereocenters. The summed E-state index contributed by atoms with van der Waals surface area (Å²) in [6.45, 7) is 9.04. The van der Waals surface area contributed by atoms with Crippen molar-refractivity contribution >= 4 is 17.2 Å². The van der Waals surface area contributed by atoms with E-state index < -0.39 is 0 Å². The van der Waals surface area contributed by atoms with Crippen LogP contribution in [-0.2, 0) is 0 Å². The van der Waals surface area contributed by atoms with E-state index >= 15 is 0 Å². The number of benzene rings is 1. The van der Waals surface area contributed by atoms with Crippen LogP contribution in [0.15, 0.2) is 24.3 Å². The van der Waals surface area contributed by atoms with E-state index in [4.69, 9.17) is 22.7 Å². The number of likely N-dealkylation sites (tertiary alicyclic amines) is 1. The zero-order valence-electron chi connectivity index (χ0n) is 13.0. The zero-order chi connectivity index (χ0) is 15.2. The van der Waals surface area contributed by atoms with Crippen molar-refractivity contribution in [2.45, 2.75) is 26.7 Å². The summed E-state index contributed by atoms with van der Waals surface area (Å²) >= 11 is 4.93. The van der Waals surface area contributed by atoms with Crippen LogP contribution in [0.2, 0.25) is 0 Å². The minimum atomic E-state index is 0.426. The summed E-state index contributed by atoms with van der Waals surface area (Å²) in [5, 5.41) is 0. The molecule has 2 rings (SSSR count). The standard InChI is InChI=1S/C17H26N2OS/c1-13(2)15-8-10-19(12-15)9-3-11-20-16-6-4-14(5-7-16)17(18)21/h4-7,13,15H,3,8-12H2,1-2H3,(H2,18,21). The molecule has 4 heteroatoms. The molecule has 1 aliphatic rings. The molecule has 1 aromatic rings. The molecule has 0 saturated carbocycles. The molecule has 1 atom stereocenters. The van der Waals surface area contributed by atoms with Gasteiger partial charge in [-0.25, -0.2) is 0 Å². The quantitative estimate of drug-likeness (QED) is 0.621. The maximum Gasteiger partial charge on any atom is 0.119 e. The predicted octanol–water partition coefficient (Wildman–Crippen LogP) is 3.07. The smallest absolute Gasteiger partial charge is 0.119 e. The van der Waals surface area contributed by atoms with Crippen molar-refractivity contribution in [2.24, 2.45) is 17.6 Å². The highest BCUT2D eigenvalue weighted by atomic mass is 32.1. The van der Waals surface area contributed by atoms with E-state index in [9.17, 15) is 0 Å². The van der Waals surface area contributed by atoms with Crippen LogP contribution in [0.3, 0.4) is 0 Å². The molecule has 1 aromatic carbocycles. The lowest BCUT2D eigenvalue weighted by atomic mass is 9.95. The Labute approximate surface area is 133 Å². The fourth-order valence-corrected chi connectivity index (χ4v) is 2.94. The summed E-state index contributed by atoms with van der Waals surface area (Å²) in [5.41, 5.74) is 6.46. The van der Waals surface area contributed by atoms with E-state index in [1.807, 2.05) is 24.3 Å². The molecule has 0 amide bonds. The van der Waals surface area contributed by atoms with Gasteiger partial charge in [-0.05, 0) is 55.5 Å². The normalized spacial score (nSPS) is 19.1. The van der Waals surface area contributed by atoms with Gasteiger partial charge in [-0.1, -0.05) is 26.1 Å². The lowest BCUT2D eigenvalue weighted by molar-refractivity contribution is 0.253. The minimum absolute atomic E-state index is 0.426. The van der Waals surface area contributed by atoms with Crippen molar-refractivity contribution in [2.75, 3.05) is 26.2 Å². The van der Waals surface area contributed by atoms with Gasteiger partial charge in [0.1, 0.15) is 10.7 Å². The van der Waals surface area contributed by atoms with Gasteiger partial charge in [-0.2, -0.15) is 0 Å². The van der Waals surface area contributed by atoms with Gasteiger partial charge in [0.15, 0.2) is 0 Å². The van der Waals surface area contributed by atoms with Gasteiger partial charge in [0.2, 0.25) is 0 Å². The van der Waals surface area contributed by atoms with Crippen LogP contribution in [0.4, 0.5) is 0 Å². The monoisotopic (exact) mass is 306 g/mol. The van der Waals surface area contributed by atoms with Crippen molar-refractivity contribution in [3.05, 3.63) is 29.8 Å². The van der Waals surface area contributed by atoms with Crippen molar-refractivity contribution in [1.29, 1.82) is 0 Å². The van der Waals surface area contributed by atoms with Crippen molar-refractivity contribution in [3.63, 3.8) is 0 Å². The van der Waals surface area contributed by atoms with Crippen LogP contribution >= 0.6 is 12.2 Å². The van der Waals surface area contributed by atoms with Crippen LogP contribution in [0, 0.1) is 11.8 Å². The number of rotatable bonds is 7. The van der Waals surface area contributed by atoms with Crippen LogP contribution in [0.1, 0.15) is 32.3 Å². The molecule has 1 fully saturated rings. The first-order valence-corrected chi connectivity index (χ1v) is 8.22. The first kappa shape index (κ1) is 16.2. The Morgan fingerprint density at radius 2 is 2.10 bits per heavy atom. The van der Waals surface area contributed by atoms with Crippen LogP contribution < -0.4 is 10.5 Å². The molecule has 0 spiro atoms. The molecule has 1 aliphatic heterocycles. The summed E-state index contributed by atoms with van der Waals surface area (Å²) in [5.74, 6) is 2.56. The molecule has 116 valence electrons. The molecule has 0 aromatic heterocycles. The molecular formula is C17H26N2OS. The molecule has 2 N–H and O–H groups in total. The third-order valence-corrected chi connectivity index (χ3v) is 4.51. The zero-order valence-corrected chi connectivity index (χ0v) is 13.9. The van der Waals surface area contributed by atoms with E-state index in [1.54, 1.807) is 0 Å². The van der Waals surface area contributed by atoms with Crippen LogP contribution in [-0.4, -0.2) is 36.1 Å². The molecule has 1 heterocycles. The van der Waals surface area contributed by atoms with Gasteiger partial charge < -0.3 is 15.4 Å². The average Bonchev–Trinajstić information content (AvgIpc) is 2.93. The van der Waals surface area contributed by atoms with Gasteiger partial charge in [-0.15, -0.1) is 0 Å². The third kappa shape index (κ3) is 4.97. The van der Waals surface area contributed by atoms with E-state index in [2.05, 4.69) is 18.7 Å². The SMILES string of the molecule is CC(C)C1CCN(CCCOc2ccc(C(N)=S)cc2)C1. The van der Waals surface area contributed by atoms with Crippen molar-refractivity contribution in [1.82, 2.24) is 4.90 Å². The number of nitrogens with two attached hydrogens (primary N) is 1. The average molecular weight is 306 g/mol. The minimum Gasteiger partial charge on any atom is -0.494 e. The maximum absolute atomic E-state index is 5.76. The van der Waals surface area contributed by atoms with Gasteiger partial charge in [0, 0.05) is 18.7 Å². The Balaban J connectivity index is 1.65. The first-order valence-electron chi connectivity index (χ1n) is 7.81. The molecule has 1 saturated heterocycles. The number of thiocarbonyl (C=S) groups is 1. The van der Waals surface area contributed by atoms with Crippen molar-refractivity contribution < 1.29 is 4.74 Å². The second-order valence-electron chi connectivity index (χ2n) is 6.18. The molecule has 0 bridgehead atoms. The lowest BCUT2D eigenvalue weighted by Gasteiger charge is -2.17. The maximum atomic E-state index is 5.76. The van der Waals surface area contributed by atoms with E-state index in [-0.39, 0.29) is 0 Å². The number of hydrogen-bond donors (Lipinski definition) is 1. The molecule has 3 nitrogen and oxygen atoms in total. The third-order valence-electron chi connectivity index (χ3n) is 4.28. The van der Waals surface area contributed by atoms with Gasteiger partial charge in [-0.3, -0.25) is 0 Å². The fraction of sp³-hybridized carbons (Fsp3) is 0.588. The Morgan fingerprint density at radius 1 is 1.38 bits per heavy atom. The summed E-state index contributed by atoms with van der Waals surface area (Å²) < 4.78 is 5.76. The van der Waals surface area contributed by atoms with Crippen LogP contribution in [0.5, 0.6) is 5.75 Å². The lowest BCUT2D eigenvalue weighted by Crippen LogP contribution is -2.24. The second-order valence-corrected chi connectivity index (χ2v) is 6.62. The highest BCUT2D eigenvalue weighted by Gasteiger charge is 2.24. The Kier molecular flexibility index (Phi) is 6.00.